The maximum Gasteiger partial charge on any atom is 0.238 e. The molecule has 53 heavy (non-hydrogen) atoms. The fourth-order valence-corrected chi connectivity index (χ4v) is 8.40. The largest absolute Gasteiger partial charge is 0.339 e. The van der Waals surface area contributed by atoms with Crippen molar-refractivity contribution in [3.8, 4) is 34.4 Å². The predicted octanol–water partition coefficient (Wildman–Crippen LogP) is 11.5. The summed E-state index contributed by atoms with van der Waals surface area (Å²) in [7, 11) is 0. The lowest BCUT2D eigenvalue weighted by atomic mass is 10.1. The molecule has 6 nitrogen and oxygen atoms in total. The lowest BCUT2D eigenvalue weighted by Crippen LogP contribution is -2.06. The molecular weight excluding hydrogens is 649 g/mol. The Bertz CT molecular complexity index is 3150. The van der Waals surface area contributed by atoms with Crippen LogP contribution >= 0.6 is 0 Å². The van der Waals surface area contributed by atoms with E-state index in [1.54, 1.807) is 0 Å². The highest BCUT2D eigenvalue weighted by molar-refractivity contribution is 6.23. The van der Waals surface area contributed by atoms with E-state index >= 15 is 0 Å². The van der Waals surface area contributed by atoms with Crippen LogP contribution in [0.2, 0.25) is 0 Å². The average molecular weight is 681 g/mol. The summed E-state index contributed by atoms with van der Waals surface area (Å²) in [6.07, 6.45) is 0. The van der Waals surface area contributed by atoms with Gasteiger partial charge >= 0.3 is 0 Å². The van der Waals surface area contributed by atoms with E-state index in [4.69, 9.17) is 15.0 Å². The molecule has 250 valence electrons. The van der Waals surface area contributed by atoms with Crippen molar-refractivity contribution in [2.24, 2.45) is 0 Å². The first-order valence-corrected chi connectivity index (χ1v) is 18.1. The first-order valence-electron chi connectivity index (χ1n) is 18.1. The van der Waals surface area contributed by atoms with Gasteiger partial charge in [-0.25, -0.2) is 4.98 Å². The molecule has 0 aliphatic rings. The van der Waals surface area contributed by atoms with Gasteiger partial charge < -0.3 is 9.13 Å². The third-order valence-corrected chi connectivity index (χ3v) is 10.7. The Morgan fingerprint density at radius 3 is 1.51 bits per heavy atom. The van der Waals surface area contributed by atoms with Crippen LogP contribution in [0, 0.1) is 0 Å². The van der Waals surface area contributed by atoms with Crippen LogP contribution in [0.3, 0.4) is 0 Å². The fourth-order valence-electron chi connectivity index (χ4n) is 8.40. The van der Waals surface area contributed by atoms with Crippen LogP contribution in [0.25, 0.3) is 99.8 Å². The van der Waals surface area contributed by atoms with E-state index in [1.807, 2.05) is 60.7 Å². The van der Waals surface area contributed by atoms with Crippen LogP contribution in [0.1, 0.15) is 6.92 Å². The van der Waals surface area contributed by atoms with Gasteiger partial charge in [-0.05, 0) is 43.3 Å². The Hall–Kier alpha value is -7.05. The lowest BCUT2D eigenvalue weighted by Gasteiger charge is -2.12. The molecule has 0 saturated carbocycles. The Kier molecular flexibility index (Phi) is 6.43. The molecule has 4 heterocycles. The van der Waals surface area contributed by atoms with Gasteiger partial charge in [-0.15, -0.1) is 0 Å². The molecule has 0 bridgehead atoms. The molecule has 4 aromatic heterocycles. The number of aromatic nitrogens is 6. The molecular formula is C47H32N6. The van der Waals surface area contributed by atoms with Crippen molar-refractivity contribution >= 4 is 65.4 Å². The molecule has 0 fully saturated rings. The molecule has 6 heteroatoms. The summed E-state index contributed by atoms with van der Waals surface area (Å²) < 4.78 is 7.13. The van der Waals surface area contributed by atoms with E-state index in [0.29, 0.717) is 17.6 Å². The van der Waals surface area contributed by atoms with Crippen molar-refractivity contribution in [2.45, 2.75) is 13.5 Å². The predicted molar refractivity (Wildman–Crippen MR) is 218 cm³/mol. The minimum absolute atomic E-state index is 0.586. The molecule has 0 radical (unpaired) electrons. The van der Waals surface area contributed by atoms with Gasteiger partial charge in [0.05, 0.1) is 27.6 Å². The van der Waals surface area contributed by atoms with Gasteiger partial charge in [0.1, 0.15) is 0 Å². The number of nitrogens with zero attached hydrogens (tertiary/aromatic N) is 6. The topological polar surface area (TPSA) is 53.5 Å². The summed E-state index contributed by atoms with van der Waals surface area (Å²) in [5.41, 5.74) is 10.00. The quantitative estimate of drug-likeness (QED) is 0.182. The summed E-state index contributed by atoms with van der Waals surface area (Å²) in [5, 5.41) is 7.32. The fraction of sp³-hybridized carbons (Fsp3) is 0.0426. The van der Waals surface area contributed by atoms with E-state index < -0.39 is 0 Å². The molecule has 11 aromatic rings. The highest BCUT2D eigenvalue weighted by atomic mass is 15.2. The minimum atomic E-state index is 0.586. The maximum absolute atomic E-state index is 5.13. The van der Waals surface area contributed by atoms with Crippen molar-refractivity contribution < 1.29 is 0 Å². The van der Waals surface area contributed by atoms with Crippen molar-refractivity contribution in [2.75, 3.05) is 0 Å². The number of rotatable bonds is 5. The van der Waals surface area contributed by atoms with E-state index in [9.17, 15) is 0 Å². The molecule has 0 saturated heterocycles. The molecule has 11 rings (SSSR count). The Morgan fingerprint density at radius 1 is 0.396 bits per heavy atom. The summed E-state index contributed by atoms with van der Waals surface area (Å²) >= 11 is 0. The van der Waals surface area contributed by atoms with Gasteiger partial charge in [-0.1, -0.05) is 127 Å². The normalized spacial score (nSPS) is 11.9. The van der Waals surface area contributed by atoms with Crippen molar-refractivity contribution in [3.63, 3.8) is 0 Å². The van der Waals surface area contributed by atoms with Gasteiger partial charge in [0.15, 0.2) is 11.6 Å². The first-order chi connectivity index (χ1) is 26.3. The van der Waals surface area contributed by atoms with E-state index in [-0.39, 0.29) is 0 Å². The van der Waals surface area contributed by atoms with Crippen LogP contribution in [0.15, 0.2) is 164 Å². The third kappa shape index (κ3) is 4.36. The average Bonchev–Trinajstić information content (AvgIpc) is 3.86. The van der Waals surface area contributed by atoms with E-state index in [1.165, 1.54) is 43.6 Å². The van der Waals surface area contributed by atoms with Gasteiger partial charge in [0, 0.05) is 61.2 Å². The smallest absolute Gasteiger partial charge is 0.238 e. The van der Waals surface area contributed by atoms with Crippen LogP contribution in [0.4, 0.5) is 0 Å². The molecule has 0 aliphatic heterocycles. The highest BCUT2D eigenvalue weighted by Gasteiger charge is 2.22. The molecule has 0 unspecified atom stereocenters. The zero-order valence-electron chi connectivity index (χ0n) is 29.0. The second-order valence-corrected chi connectivity index (χ2v) is 13.5. The Balaban J connectivity index is 1.21. The van der Waals surface area contributed by atoms with E-state index in [0.717, 1.165) is 45.2 Å². The van der Waals surface area contributed by atoms with Crippen LogP contribution in [-0.2, 0) is 6.54 Å². The highest BCUT2D eigenvalue weighted by Crippen LogP contribution is 2.41. The molecule has 0 aliphatic carbocycles. The lowest BCUT2D eigenvalue weighted by molar-refractivity contribution is 0.828. The van der Waals surface area contributed by atoms with Gasteiger partial charge in [0.2, 0.25) is 5.95 Å². The SMILES string of the molecule is CCn1c2ccccc2c2ccc3c4ccccc4n(-c4ccc5c(c4)c4ccccc4n5-c4nc(-c5ccccc5)nc(-c5ccccc5)n4)c3c21. The van der Waals surface area contributed by atoms with Crippen molar-refractivity contribution in [3.05, 3.63) is 164 Å². The summed E-state index contributed by atoms with van der Waals surface area (Å²) in [6, 6.07) is 57.8. The Labute approximate surface area is 304 Å². The van der Waals surface area contributed by atoms with Crippen LogP contribution in [0.5, 0.6) is 0 Å². The summed E-state index contributed by atoms with van der Waals surface area (Å²) in [4.78, 5) is 15.2. The third-order valence-electron chi connectivity index (χ3n) is 10.7. The number of aryl methyl sites for hydroxylation is 1. The number of fused-ring (bicyclic) bond motifs is 10. The number of para-hydroxylation sites is 3. The molecule has 0 amide bonds. The molecule has 0 atom stereocenters. The van der Waals surface area contributed by atoms with Crippen molar-refractivity contribution in [1.82, 2.24) is 28.7 Å². The first kappa shape index (κ1) is 29.7. The maximum atomic E-state index is 5.13. The monoisotopic (exact) mass is 680 g/mol. The zero-order valence-corrected chi connectivity index (χ0v) is 29.0. The van der Waals surface area contributed by atoms with E-state index in [2.05, 4.69) is 124 Å². The van der Waals surface area contributed by atoms with Gasteiger partial charge in [-0.3, -0.25) is 4.57 Å². The minimum Gasteiger partial charge on any atom is -0.339 e. The zero-order chi connectivity index (χ0) is 35.0. The number of hydrogen-bond donors (Lipinski definition) is 0. The second kappa shape index (κ2) is 11.5. The number of hydrogen-bond acceptors (Lipinski definition) is 3. The molecule has 7 aromatic carbocycles. The molecule has 0 spiro atoms. The Morgan fingerprint density at radius 2 is 0.887 bits per heavy atom. The standard InChI is InChI=1S/C47H32N6/c1-2-51-39-22-12-9-19-33(39)36-26-27-37-34-20-10-13-23-40(34)52(44(37)43(36)51)32-25-28-42-38(29-32)35-21-11-14-24-41(35)53(42)47-49-45(30-15-5-3-6-16-30)48-46(50-47)31-17-7-4-8-18-31/h3-29H,2H2,1H3. The van der Waals surface area contributed by atoms with Gasteiger partial charge in [0.25, 0.3) is 0 Å². The summed E-state index contributed by atoms with van der Waals surface area (Å²) in [5.74, 6) is 1.86. The van der Waals surface area contributed by atoms with Crippen LogP contribution < -0.4 is 0 Å². The van der Waals surface area contributed by atoms with Crippen molar-refractivity contribution in [1.29, 1.82) is 0 Å². The summed E-state index contributed by atoms with van der Waals surface area (Å²) in [6.45, 7) is 3.12. The second-order valence-electron chi connectivity index (χ2n) is 13.5. The van der Waals surface area contributed by atoms with Crippen LogP contribution in [-0.4, -0.2) is 28.7 Å². The number of benzene rings is 7. The molecule has 0 N–H and O–H groups in total. The van der Waals surface area contributed by atoms with Gasteiger partial charge in [-0.2, -0.15) is 9.97 Å².